The quantitative estimate of drug-likeness (QED) is 0.686. The van der Waals surface area contributed by atoms with Gasteiger partial charge in [-0.1, -0.05) is 13.8 Å². The molecule has 0 saturated heterocycles. The Morgan fingerprint density at radius 3 is 2.85 bits per heavy atom. The van der Waals surface area contributed by atoms with E-state index in [0.29, 0.717) is 5.41 Å². The highest BCUT2D eigenvalue weighted by Crippen LogP contribution is 2.41. The van der Waals surface area contributed by atoms with Crippen LogP contribution in [0, 0.1) is 5.41 Å². The highest BCUT2D eigenvalue weighted by Gasteiger charge is 2.33. The molecule has 0 bridgehead atoms. The van der Waals surface area contributed by atoms with Crippen LogP contribution in [-0.4, -0.2) is 24.6 Å². The number of hydrogen-bond donors (Lipinski definition) is 1. The molecule has 2 atom stereocenters. The van der Waals surface area contributed by atoms with Crippen LogP contribution in [0.3, 0.4) is 0 Å². The van der Waals surface area contributed by atoms with Crippen LogP contribution in [0.15, 0.2) is 0 Å². The zero-order valence-electron chi connectivity index (χ0n) is 9.23. The summed E-state index contributed by atoms with van der Waals surface area (Å²) < 4.78 is 0. The van der Waals surface area contributed by atoms with E-state index in [4.69, 9.17) is 0 Å². The van der Waals surface area contributed by atoms with Crippen molar-refractivity contribution in [3.8, 4) is 0 Å². The van der Waals surface area contributed by atoms with Crippen molar-refractivity contribution in [3.63, 3.8) is 0 Å². The first kappa shape index (κ1) is 11.4. The molecule has 1 aliphatic rings. The van der Waals surface area contributed by atoms with E-state index in [2.05, 4.69) is 38.0 Å². The van der Waals surface area contributed by atoms with Crippen molar-refractivity contribution >= 4 is 11.8 Å². The van der Waals surface area contributed by atoms with Crippen LogP contribution in [0.1, 0.15) is 39.5 Å². The van der Waals surface area contributed by atoms with Gasteiger partial charge in [0.1, 0.15) is 0 Å². The molecule has 1 nitrogen and oxygen atoms in total. The molecule has 0 aromatic rings. The van der Waals surface area contributed by atoms with Crippen LogP contribution < -0.4 is 5.32 Å². The lowest BCUT2D eigenvalue weighted by Crippen LogP contribution is -2.24. The smallest absolute Gasteiger partial charge is 0.00694 e. The van der Waals surface area contributed by atoms with Gasteiger partial charge < -0.3 is 5.32 Å². The van der Waals surface area contributed by atoms with E-state index in [1.807, 2.05) is 0 Å². The van der Waals surface area contributed by atoms with Crippen molar-refractivity contribution in [1.82, 2.24) is 5.32 Å². The highest BCUT2D eigenvalue weighted by molar-refractivity contribution is 7.99. The van der Waals surface area contributed by atoms with Crippen LogP contribution in [0.25, 0.3) is 0 Å². The Labute approximate surface area is 87.1 Å². The summed E-state index contributed by atoms with van der Waals surface area (Å²) in [6.07, 6.45) is 5.59. The average molecular weight is 201 g/mol. The van der Waals surface area contributed by atoms with Crippen molar-refractivity contribution in [1.29, 1.82) is 0 Å². The summed E-state index contributed by atoms with van der Waals surface area (Å²) in [7, 11) is 2.09. The first-order valence-electron chi connectivity index (χ1n) is 5.45. The molecule has 1 aliphatic carbocycles. The van der Waals surface area contributed by atoms with E-state index in [1.54, 1.807) is 0 Å². The molecule has 0 spiro atoms. The lowest BCUT2D eigenvalue weighted by molar-refractivity contribution is 0.317. The molecule has 0 radical (unpaired) electrons. The molecule has 1 rings (SSSR count). The predicted octanol–water partition coefficient (Wildman–Crippen LogP) is 2.91. The third-order valence-corrected chi connectivity index (χ3v) is 4.20. The summed E-state index contributed by atoms with van der Waals surface area (Å²) in [5, 5.41) is 3.40. The molecule has 1 saturated carbocycles. The number of nitrogens with one attached hydrogen (secondary N) is 1. The second kappa shape index (κ2) is 5.26. The topological polar surface area (TPSA) is 12.0 Å². The van der Waals surface area contributed by atoms with Crippen LogP contribution in [0.2, 0.25) is 0 Å². The largest absolute Gasteiger partial charge is 0.317 e. The molecular formula is C11H23NS. The lowest BCUT2D eigenvalue weighted by Gasteiger charge is -2.23. The Bertz CT molecular complexity index is 149. The van der Waals surface area contributed by atoms with Gasteiger partial charge in [0.15, 0.2) is 0 Å². The fourth-order valence-electron chi connectivity index (χ4n) is 2.26. The van der Waals surface area contributed by atoms with E-state index in [1.165, 1.54) is 37.2 Å². The molecule has 1 fully saturated rings. The molecule has 0 aromatic heterocycles. The van der Waals surface area contributed by atoms with Crippen molar-refractivity contribution < 1.29 is 0 Å². The Morgan fingerprint density at radius 1 is 1.54 bits per heavy atom. The fraction of sp³-hybridized carbons (Fsp3) is 1.00. The summed E-state index contributed by atoms with van der Waals surface area (Å²) in [5.74, 6) is 2.62. The SMILES string of the molecule is CCSCCC1(C)CCC(NC)C1. The van der Waals surface area contributed by atoms with Gasteiger partial charge in [0.25, 0.3) is 0 Å². The first-order valence-corrected chi connectivity index (χ1v) is 6.60. The van der Waals surface area contributed by atoms with Crippen LogP contribution in [0.4, 0.5) is 0 Å². The molecule has 2 heteroatoms. The molecule has 0 aliphatic heterocycles. The van der Waals surface area contributed by atoms with Crippen molar-refractivity contribution in [2.24, 2.45) is 5.41 Å². The third-order valence-electron chi connectivity index (χ3n) is 3.30. The minimum absolute atomic E-state index is 0.635. The Hall–Kier alpha value is 0.310. The van der Waals surface area contributed by atoms with Gasteiger partial charge in [-0.2, -0.15) is 11.8 Å². The Morgan fingerprint density at radius 2 is 2.31 bits per heavy atom. The van der Waals surface area contributed by atoms with Gasteiger partial charge in [0.2, 0.25) is 0 Å². The zero-order valence-corrected chi connectivity index (χ0v) is 10.0. The van der Waals surface area contributed by atoms with Crippen molar-refractivity contribution in [2.75, 3.05) is 18.6 Å². The molecule has 78 valence electrons. The van der Waals surface area contributed by atoms with Gasteiger partial charge in [0, 0.05) is 6.04 Å². The van der Waals surface area contributed by atoms with Gasteiger partial charge in [-0.25, -0.2) is 0 Å². The maximum absolute atomic E-state index is 3.40. The second-order valence-electron chi connectivity index (χ2n) is 4.49. The summed E-state index contributed by atoms with van der Waals surface area (Å²) in [6.45, 7) is 4.71. The third kappa shape index (κ3) is 3.51. The monoisotopic (exact) mass is 201 g/mol. The second-order valence-corrected chi connectivity index (χ2v) is 5.88. The van der Waals surface area contributed by atoms with Crippen LogP contribution in [0.5, 0.6) is 0 Å². The van der Waals surface area contributed by atoms with Crippen molar-refractivity contribution in [3.05, 3.63) is 0 Å². The minimum Gasteiger partial charge on any atom is -0.317 e. The molecule has 2 unspecified atom stereocenters. The van der Waals surface area contributed by atoms with Gasteiger partial charge in [-0.3, -0.25) is 0 Å². The maximum Gasteiger partial charge on any atom is 0.00694 e. The molecule has 13 heavy (non-hydrogen) atoms. The molecule has 0 heterocycles. The van der Waals surface area contributed by atoms with E-state index in [0.717, 1.165) is 6.04 Å². The normalized spacial score (nSPS) is 33.9. The van der Waals surface area contributed by atoms with Gasteiger partial charge in [0.05, 0.1) is 0 Å². The summed E-state index contributed by atoms with van der Waals surface area (Å²) in [6, 6.07) is 0.789. The Balaban J connectivity index is 2.23. The van der Waals surface area contributed by atoms with Gasteiger partial charge in [-0.05, 0) is 49.7 Å². The molecule has 0 aromatic carbocycles. The maximum atomic E-state index is 3.40. The van der Waals surface area contributed by atoms with Gasteiger partial charge in [-0.15, -0.1) is 0 Å². The molecule has 1 N–H and O–H groups in total. The van der Waals surface area contributed by atoms with Crippen molar-refractivity contribution in [2.45, 2.75) is 45.6 Å². The average Bonchev–Trinajstić information content (AvgIpc) is 2.49. The van der Waals surface area contributed by atoms with E-state index in [-0.39, 0.29) is 0 Å². The minimum atomic E-state index is 0.635. The molecule has 0 amide bonds. The molecular weight excluding hydrogens is 178 g/mol. The van der Waals surface area contributed by atoms with Crippen LogP contribution in [-0.2, 0) is 0 Å². The summed E-state index contributed by atoms with van der Waals surface area (Å²) in [5.41, 5.74) is 0.635. The highest BCUT2D eigenvalue weighted by atomic mass is 32.2. The standard InChI is InChI=1S/C11H23NS/c1-4-13-8-7-11(2)6-5-10(9-11)12-3/h10,12H,4-9H2,1-3H3. The number of hydrogen-bond acceptors (Lipinski definition) is 2. The van der Waals surface area contributed by atoms with Gasteiger partial charge >= 0.3 is 0 Å². The lowest BCUT2D eigenvalue weighted by atomic mass is 9.86. The van der Waals surface area contributed by atoms with E-state index >= 15 is 0 Å². The zero-order chi connectivity index (χ0) is 9.73. The Kier molecular flexibility index (Phi) is 4.60. The fourth-order valence-corrected chi connectivity index (χ4v) is 3.18. The van der Waals surface area contributed by atoms with Crippen LogP contribution >= 0.6 is 11.8 Å². The first-order chi connectivity index (χ1) is 6.20. The summed E-state index contributed by atoms with van der Waals surface area (Å²) >= 11 is 2.08. The number of thioether (sulfide) groups is 1. The summed E-state index contributed by atoms with van der Waals surface area (Å²) in [4.78, 5) is 0. The van der Waals surface area contributed by atoms with E-state index < -0.39 is 0 Å². The van der Waals surface area contributed by atoms with E-state index in [9.17, 15) is 0 Å². The predicted molar refractivity (Wildman–Crippen MR) is 62.4 cm³/mol. The number of rotatable bonds is 5.